The fourth-order valence-corrected chi connectivity index (χ4v) is 4.05. The summed E-state index contributed by atoms with van der Waals surface area (Å²) in [5.74, 6) is 3.21. The van der Waals surface area contributed by atoms with Crippen molar-refractivity contribution in [2.45, 2.75) is 50.5 Å². The molecule has 1 fully saturated rings. The molecule has 1 aromatic carbocycles. The zero-order valence-electron chi connectivity index (χ0n) is 12.1. The van der Waals surface area contributed by atoms with E-state index < -0.39 is 0 Å². The molecule has 1 aliphatic carbocycles. The van der Waals surface area contributed by atoms with Crippen molar-refractivity contribution in [1.82, 2.24) is 0 Å². The minimum Gasteiger partial charge on any atom is -0.393 e. The van der Waals surface area contributed by atoms with Crippen LogP contribution < -0.4 is 0 Å². The quantitative estimate of drug-likeness (QED) is 0.794. The van der Waals surface area contributed by atoms with E-state index in [-0.39, 0.29) is 6.10 Å². The summed E-state index contributed by atoms with van der Waals surface area (Å²) < 4.78 is 0. The number of aliphatic hydroxyl groups excluding tert-OH is 1. The van der Waals surface area contributed by atoms with Crippen LogP contribution in [0.15, 0.2) is 35.2 Å². The highest BCUT2D eigenvalue weighted by Gasteiger charge is 2.30. The standard InChI is InChI=1S/C17H26OS/c1-13(2)14-8-9-17(18)15(12-14)10-11-19-16-6-4-3-5-7-16/h3-7,13-15,17-18H,8-12H2,1-2H3. The summed E-state index contributed by atoms with van der Waals surface area (Å²) in [6, 6.07) is 10.6. The Hall–Kier alpha value is -0.470. The van der Waals surface area contributed by atoms with Crippen LogP contribution in [0.1, 0.15) is 39.5 Å². The molecule has 3 atom stereocenters. The van der Waals surface area contributed by atoms with Crippen molar-refractivity contribution in [1.29, 1.82) is 0 Å². The van der Waals surface area contributed by atoms with Gasteiger partial charge in [0.15, 0.2) is 0 Å². The highest BCUT2D eigenvalue weighted by atomic mass is 32.2. The average Bonchev–Trinajstić information content (AvgIpc) is 2.42. The highest BCUT2D eigenvalue weighted by molar-refractivity contribution is 7.99. The molecule has 0 heterocycles. The lowest BCUT2D eigenvalue weighted by Crippen LogP contribution is -2.31. The number of hydrogen-bond acceptors (Lipinski definition) is 2. The minimum atomic E-state index is -0.0635. The normalized spacial score (nSPS) is 27.7. The molecule has 106 valence electrons. The Morgan fingerprint density at radius 3 is 2.63 bits per heavy atom. The van der Waals surface area contributed by atoms with E-state index in [1.165, 1.54) is 17.7 Å². The van der Waals surface area contributed by atoms with Gasteiger partial charge >= 0.3 is 0 Å². The van der Waals surface area contributed by atoms with E-state index in [9.17, 15) is 5.11 Å². The number of rotatable bonds is 5. The van der Waals surface area contributed by atoms with Gasteiger partial charge in [0.2, 0.25) is 0 Å². The first-order valence-corrected chi connectivity index (χ1v) is 8.51. The lowest BCUT2D eigenvalue weighted by molar-refractivity contribution is 0.0365. The summed E-state index contributed by atoms with van der Waals surface area (Å²) in [5, 5.41) is 10.2. The van der Waals surface area contributed by atoms with E-state index in [1.54, 1.807) is 0 Å². The second-order valence-electron chi connectivity index (χ2n) is 6.09. The Kier molecular flexibility index (Phi) is 5.77. The van der Waals surface area contributed by atoms with Gasteiger partial charge in [-0.15, -0.1) is 11.8 Å². The molecule has 3 unspecified atom stereocenters. The van der Waals surface area contributed by atoms with E-state index >= 15 is 0 Å². The molecule has 2 heteroatoms. The Labute approximate surface area is 121 Å². The largest absolute Gasteiger partial charge is 0.393 e. The summed E-state index contributed by atoms with van der Waals surface area (Å²) in [7, 11) is 0. The third kappa shape index (κ3) is 4.54. The van der Waals surface area contributed by atoms with Crippen LogP contribution in [0, 0.1) is 17.8 Å². The Bertz CT molecular complexity index is 363. The maximum atomic E-state index is 10.2. The van der Waals surface area contributed by atoms with Crippen LogP contribution >= 0.6 is 11.8 Å². The molecular formula is C17H26OS. The van der Waals surface area contributed by atoms with Gasteiger partial charge in [-0.1, -0.05) is 32.0 Å². The molecular weight excluding hydrogens is 252 g/mol. The second kappa shape index (κ2) is 7.35. The molecule has 1 aromatic rings. The number of aliphatic hydroxyl groups is 1. The minimum absolute atomic E-state index is 0.0635. The number of hydrogen-bond donors (Lipinski definition) is 1. The Morgan fingerprint density at radius 2 is 1.95 bits per heavy atom. The van der Waals surface area contributed by atoms with E-state index in [4.69, 9.17) is 0 Å². The van der Waals surface area contributed by atoms with Crippen LogP contribution in [-0.4, -0.2) is 17.0 Å². The molecule has 1 saturated carbocycles. The zero-order chi connectivity index (χ0) is 13.7. The van der Waals surface area contributed by atoms with Crippen LogP contribution in [0.25, 0.3) is 0 Å². The summed E-state index contributed by atoms with van der Waals surface area (Å²) in [4.78, 5) is 1.34. The van der Waals surface area contributed by atoms with Crippen LogP contribution in [-0.2, 0) is 0 Å². The van der Waals surface area contributed by atoms with Gasteiger partial charge in [0.25, 0.3) is 0 Å². The lowest BCUT2D eigenvalue weighted by Gasteiger charge is -2.35. The van der Waals surface area contributed by atoms with Gasteiger partial charge in [-0.05, 0) is 61.3 Å². The fourth-order valence-electron chi connectivity index (χ4n) is 3.04. The van der Waals surface area contributed by atoms with E-state index in [1.807, 2.05) is 11.8 Å². The average molecular weight is 278 g/mol. The van der Waals surface area contributed by atoms with Gasteiger partial charge in [-0.2, -0.15) is 0 Å². The van der Waals surface area contributed by atoms with Crippen LogP contribution in [0.2, 0.25) is 0 Å². The summed E-state index contributed by atoms with van der Waals surface area (Å²) in [6.45, 7) is 4.64. The molecule has 0 spiro atoms. The van der Waals surface area contributed by atoms with Gasteiger partial charge in [0, 0.05) is 4.90 Å². The highest BCUT2D eigenvalue weighted by Crippen LogP contribution is 2.36. The monoisotopic (exact) mass is 278 g/mol. The van der Waals surface area contributed by atoms with Gasteiger partial charge in [-0.25, -0.2) is 0 Å². The first-order chi connectivity index (χ1) is 9.16. The Morgan fingerprint density at radius 1 is 1.21 bits per heavy atom. The maximum absolute atomic E-state index is 10.2. The van der Waals surface area contributed by atoms with Crippen molar-refractivity contribution in [3.8, 4) is 0 Å². The molecule has 0 aromatic heterocycles. The maximum Gasteiger partial charge on any atom is 0.0568 e. The first kappa shape index (κ1) is 14.9. The Balaban J connectivity index is 1.77. The predicted molar refractivity (Wildman–Crippen MR) is 83.5 cm³/mol. The first-order valence-electron chi connectivity index (χ1n) is 7.52. The van der Waals surface area contributed by atoms with Gasteiger partial charge < -0.3 is 5.11 Å². The molecule has 0 amide bonds. The van der Waals surface area contributed by atoms with E-state index in [2.05, 4.69) is 44.2 Å². The molecule has 19 heavy (non-hydrogen) atoms. The summed E-state index contributed by atoms with van der Waals surface area (Å²) in [5.41, 5.74) is 0. The molecule has 0 saturated heterocycles. The third-order valence-corrected chi connectivity index (χ3v) is 5.47. The summed E-state index contributed by atoms with van der Waals surface area (Å²) in [6.07, 6.45) is 4.51. The van der Waals surface area contributed by atoms with Crippen molar-refractivity contribution >= 4 is 11.8 Å². The van der Waals surface area contributed by atoms with Crippen molar-refractivity contribution < 1.29 is 5.11 Å². The van der Waals surface area contributed by atoms with Crippen LogP contribution in [0.5, 0.6) is 0 Å². The lowest BCUT2D eigenvalue weighted by atomic mass is 9.74. The third-order valence-electron chi connectivity index (χ3n) is 4.43. The zero-order valence-corrected chi connectivity index (χ0v) is 12.9. The predicted octanol–water partition coefficient (Wildman–Crippen LogP) is 4.60. The molecule has 2 rings (SSSR count). The molecule has 0 radical (unpaired) electrons. The molecule has 0 aliphatic heterocycles. The van der Waals surface area contributed by atoms with Crippen LogP contribution in [0.3, 0.4) is 0 Å². The number of benzene rings is 1. The number of thioether (sulfide) groups is 1. The summed E-state index contributed by atoms with van der Waals surface area (Å²) >= 11 is 1.91. The van der Waals surface area contributed by atoms with Gasteiger partial charge in [0.05, 0.1) is 6.10 Å². The van der Waals surface area contributed by atoms with E-state index in [0.717, 1.165) is 30.4 Å². The van der Waals surface area contributed by atoms with E-state index in [0.29, 0.717) is 5.92 Å². The van der Waals surface area contributed by atoms with Gasteiger partial charge in [0.1, 0.15) is 0 Å². The fraction of sp³-hybridized carbons (Fsp3) is 0.647. The molecule has 1 aliphatic rings. The van der Waals surface area contributed by atoms with Crippen molar-refractivity contribution in [3.63, 3.8) is 0 Å². The second-order valence-corrected chi connectivity index (χ2v) is 7.26. The van der Waals surface area contributed by atoms with Gasteiger partial charge in [-0.3, -0.25) is 0 Å². The smallest absolute Gasteiger partial charge is 0.0568 e. The van der Waals surface area contributed by atoms with Crippen LogP contribution in [0.4, 0.5) is 0 Å². The molecule has 1 nitrogen and oxygen atoms in total. The topological polar surface area (TPSA) is 20.2 Å². The van der Waals surface area contributed by atoms with Crippen molar-refractivity contribution in [2.75, 3.05) is 5.75 Å². The molecule has 1 N–H and O–H groups in total. The SMILES string of the molecule is CC(C)C1CCC(O)C(CCSc2ccccc2)C1. The van der Waals surface area contributed by atoms with Crippen molar-refractivity contribution in [2.24, 2.45) is 17.8 Å². The molecule has 0 bridgehead atoms. The van der Waals surface area contributed by atoms with Crippen molar-refractivity contribution in [3.05, 3.63) is 30.3 Å².